The summed E-state index contributed by atoms with van der Waals surface area (Å²) < 4.78 is 5.39. The van der Waals surface area contributed by atoms with Crippen LogP contribution >= 0.6 is 0 Å². The Kier molecular flexibility index (Phi) is 2.80. The fourth-order valence-corrected chi connectivity index (χ4v) is 4.79. The van der Waals surface area contributed by atoms with Gasteiger partial charge in [-0.1, -0.05) is 18.9 Å². The number of fused-ring (bicyclic) bond motifs is 1. The minimum Gasteiger partial charge on any atom is -0.497 e. The van der Waals surface area contributed by atoms with Crippen LogP contribution in [0.4, 0.5) is 0 Å². The van der Waals surface area contributed by atoms with Gasteiger partial charge in [-0.2, -0.15) is 0 Å². The summed E-state index contributed by atoms with van der Waals surface area (Å²) in [5.41, 5.74) is 2.22. The van der Waals surface area contributed by atoms with Crippen LogP contribution in [0.2, 0.25) is 0 Å². The quantitative estimate of drug-likeness (QED) is 0.857. The Labute approximate surface area is 124 Å². The van der Waals surface area contributed by atoms with Crippen LogP contribution in [0.5, 0.6) is 5.75 Å². The molecule has 1 saturated carbocycles. The second-order valence-corrected chi connectivity index (χ2v) is 6.48. The molecule has 3 atom stereocenters. The number of hydrogen-bond donors (Lipinski definition) is 1. The van der Waals surface area contributed by atoms with E-state index in [1.54, 1.807) is 7.11 Å². The summed E-state index contributed by atoms with van der Waals surface area (Å²) in [6.45, 7) is 0.728. The number of aliphatic hydroxyl groups is 1. The Hall–Kier alpha value is -1.55. The Bertz CT molecular complexity index is 600. The first kappa shape index (κ1) is 13.1. The fourth-order valence-electron chi connectivity index (χ4n) is 4.79. The van der Waals surface area contributed by atoms with E-state index in [-0.39, 0.29) is 17.4 Å². The van der Waals surface area contributed by atoms with Crippen LogP contribution < -0.4 is 4.74 Å². The van der Waals surface area contributed by atoms with Crippen molar-refractivity contribution < 1.29 is 14.6 Å². The topological polar surface area (TPSA) is 49.8 Å². The molecular formula is C17H21NO3. The summed E-state index contributed by atoms with van der Waals surface area (Å²) in [5.74, 6) is 0.795. The predicted octanol–water partition coefficient (Wildman–Crippen LogP) is 1.84. The minimum absolute atomic E-state index is 0.0323. The van der Waals surface area contributed by atoms with Crippen LogP contribution in [0.3, 0.4) is 0 Å². The molecule has 3 aliphatic rings. The normalized spacial score (nSPS) is 34.2. The number of amides is 1. The van der Waals surface area contributed by atoms with Gasteiger partial charge in [-0.3, -0.25) is 4.79 Å². The van der Waals surface area contributed by atoms with Crippen LogP contribution in [0.15, 0.2) is 18.2 Å². The Morgan fingerprint density at radius 2 is 2.24 bits per heavy atom. The molecule has 21 heavy (non-hydrogen) atoms. The van der Waals surface area contributed by atoms with Gasteiger partial charge in [-0.25, -0.2) is 0 Å². The molecule has 1 saturated heterocycles. The van der Waals surface area contributed by atoms with Gasteiger partial charge >= 0.3 is 0 Å². The van der Waals surface area contributed by atoms with E-state index in [2.05, 4.69) is 12.1 Å². The van der Waals surface area contributed by atoms with Crippen molar-refractivity contribution in [1.29, 1.82) is 0 Å². The molecular weight excluding hydrogens is 266 g/mol. The van der Waals surface area contributed by atoms with E-state index in [4.69, 9.17) is 4.74 Å². The van der Waals surface area contributed by atoms with Gasteiger partial charge in [-0.15, -0.1) is 0 Å². The molecule has 1 aliphatic carbocycles. The minimum atomic E-state index is -0.831. The highest BCUT2D eigenvalue weighted by atomic mass is 16.5. The maximum atomic E-state index is 12.5. The number of hydrogen-bond acceptors (Lipinski definition) is 3. The van der Waals surface area contributed by atoms with Crippen LogP contribution in [0, 0.1) is 5.92 Å². The molecule has 2 aliphatic heterocycles. The molecule has 4 rings (SSSR count). The van der Waals surface area contributed by atoms with Crippen LogP contribution in [0.1, 0.15) is 36.8 Å². The van der Waals surface area contributed by atoms with Crippen LogP contribution in [0.25, 0.3) is 0 Å². The van der Waals surface area contributed by atoms with Crippen molar-refractivity contribution in [3.05, 3.63) is 29.3 Å². The summed E-state index contributed by atoms with van der Waals surface area (Å²) in [4.78, 5) is 14.5. The number of aliphatic hydroxyl groups excluding tert-OH is 1. The Morgan fingerprint density at radius 3 is 3.05 bits per heavy atom. The lowest BCUT2D eigenvalue weighted by Crippen LogP contribution is -2.52. The number of carbonyl (C=O) groups excluding carboxylic acids is 1. The molecule has 1 amide bonds. The van der Waals surface area contributed by atoms with E-state index in [9.17, 15) is 9.90 Å². The lowest BCUT2D eigenvalue weighted by molar-refractivity contribution is -0.137. The average Bonchev–Trinajstić information content (AvgIpc) is 2.76. The Balaban J connectivity index is 1.93. The maximum Gasteiger partial charge on any atom is 0.252 e. The standard InChI is InChI=1S/C17H21NO3/c1-21-12-6-5-11-7-9-18-16(20)15(19)13-4-2-3-8-17(13,18)14(11)10-12/h5-6,10,13,15,19H,2-4,7-9H2,1H3/t13-,15+,17-/m0/s1. The second kappa shape index (κ2) is 4.47. The number of rotatable bonds is 1. The van der Waals surface area contributed by atoms with Crippen molar-refractivity contribution in [2.24, 2.45) is 5.92 Å². The van der Waals surface area contributed by atoms with E-state index in [0.717, 1.165) is 44.4 Å². The van der Waals surface area contributed by atoms with E-state index in [1.165, 1.54) is 11.1 Å². The summed E-state index contributed by atoms with van der Waals surface area (Å²) in [7, 11) is 1.67. The molecule has 0 bridgehead atoms. The van der Waals surface area contributed by atoms with E-state index in [0.29, 0.717) is 0 Å². The zero-order valence-corrected chi connectivity index (χ0v) is 12.3. The molecule has 4 nitrogen and oxygen atoms in total. The first-order chi connectivity index (χ1) is 10.2. The monoisotopic (exact) mass is 287 g/mol. The molecule has 4 heteroatoms. The van der Waals surface area contributed by atoms with Crippen molar-refractivity contribution in [2.75, 3.05) is 13.7 Å². The van der Waals surface area contributed by atoms with E-state index in [1.807, 2.05) is 11.0 Å². The maximum absolute atomic E-state index is 12.5. The van der Waals surface area contributed by atoms with Gasteiger partial charge in [0.15, 0.2) is 0 Å². The van der Waals surface area contributed by atoms with Crippen LogP contribution in [-0.4, -0.2) is 35.7 Å². The van der Waals surface area contributed by atoms with Gasteiger partial charge in [0, 0.05) is 12.5 Å². The second-order valence-electron chi connectivity index (χ2n) is 6.48. The number of nitrogens with zero attached hydrogens (tertiary/aromatic N) is 1. The largest absolute Gasteiger partial charge is 0.497 e. The first-order valence-corrected chi connectivity index (χ1v) is 7.85. The summed E-state index contributed by atoms with van der Waals surface area (Å²) >= 11 is 0. The van der Waals surface area contributed by atoms with Gasteiger partial charge in [0.2, 0.25) is 0 Å². The molecule has 0 aromatic heterocycles. The third-order valence-electron chi connectivity index (χ3n) is 5.71. The highest BCUT2D eigenvalue weighted by molar-refractivity contribution is 5.86. The molecule has 1 aromatic carbocycles. The molecule has 112 valence electrons. The molecule has 2 heterocycles. The molecule has 1 aromatic rings. The van der Waals surface area contributed by atoms with Crippen LogP contribution in [-0.2, 0) is 16.8 Å². The van der Waals surface area contributed by atoms with Gasteiger partial charge in [0.05, 0.1) is 12.6 Å². The number of carbonyl (C=O) groups is 1. The van der Waals surface area contributed by atoms with Gasteiger partial charge in [-0.05, 0) is 42.5 Å². The molecule has 0 unspecified atom stereocenters. The van der Waals surface area contributed by atoms with Crippen molar-refractivity contribution in [2.45, 2.75) is 43.7 Å². The highest BCUT2D eigenvalue weighted by Gasteiger charge is 2.60. The average molecular weight is 287 g/mol. The molecule has 1 spiro atoms. The molecule has 1 N–H and O–H groups in total. The lowest BCUT2D eigenvalue weighted by Gasteiger charge is -2.49. The van der Waals surface area contributed by atoms with Gasteiger partial charge < -0.3 is 14.7 Å². The highest BCUT2D eigenvalue weighted by Crippen LogP contribution is 2.55. The third kappa shape index (κ3) is 1.57. The fraction of sp³-hybridized carbons (Fsp3) is 0.588. The summed E-state index contributed by atoms with van der Waals surface area (Å²) in [5, 5.41) is 10.4. The Morgan fingerprint density at radius 1 is 1.38 bits per heavy atom. The summed E-state index contributed by atoms with van der Waals surface area (Å²) in [6.07, 6.45) is 4.14. The predicted molar refractivity (Wildman–Crippen MR) is 78.1 cm³/mol. The van der Waals surface area contributed by atoms with Crippen molar-refractivity contribution in [3.8, 4) is 5.75 Å². The third-order valence-corrected chi connectivity index (χ3v) is 5.71. The van der Waals surface area contributed by atoms with Crippen molar-refractivity contribution in [1.82, 2.24) is 4.90 Å². The number of methoxy groups -OCH3 is 1. The lowest BCUT2D eigenvalue weighted by atomic mass is 9.66. The van der Waals surface area contributed by atoms with Gasteiger partial charge in [0.25, 0.3) is 5.91 Å². The zero-order chi connectivity index (χ0) is 14.6. The molecule has 0 radical (unpaired) electrons. The van der Waals surface area contributed by atoms with Gasteiger partial charge in [0.1, 0.15) is 11.9 Å². The smallest absolute Gasteiger partial charge is 0.252 e. The first-order valence-electron chi connectivity index (χ1n) is 7.85. The van der Waals surface area contributed by atoms with E-state index < -0.39 is 6.10 Å². The van der Waals surface area contributed by atoms with Crippen molar-refractivity contribution >= 4 is 5.91 Å². The SMILES string of the molecule is COc1ccc2c(c1)[C@]13CCCC[C@H]1[C@@H](O)C(=O)N3CC2. The number of benzene rings is 1. The number of ether oxygens (including phenoxy) is 1. The summed E-state index contributed by atoms with van der Waals surface area (Å²) in [6, 6.07) is 6.21. The molecule has 2 fully saturated rings. The van der Waals surface area contributed by atoms with E-state index >= 15 is 0 Å². The zero-order valence-electron chi connectivity index (χ0n) is 12.3. The van der Waals surface area contributed by atoms with Crippen molar-refractivity contribution in [3.63, 3.8) is 0 Å².